The van der Waals surface area contributed by atoms with Crippen LogP contribution in [0.4, 0.5) is 13.2 Å². The summed E-state index contributed by atoms with van der Waals surface area (Å²) in [6.07, 6.45) is -5.17. The molecule has 1 rings (SSSR count). The van der Waals surface area contributed by atoms with Crippen molar-refractivity contribution in [1.82, 2.24) is 5.32 Å². The van der Waals surface area contributed by atoms with E-state index in [-0.39, 0.29) is 18.2 Å². The van der Waals surface area contributed by atoms with E-state index in [1.807, 2.05) is 0 Å². The van der Waals surface area contributed by atoms with Crippen LogP contribution in [0.3, 0.4) is 0 Å². The Kier molecular flexibility index (Phi) is 5.78. The number of hydrogen-bond acceptors (Lipinski definition) is 3. The molecule has 122 valence electrons. The highest BCUT2D eigenvalue weighted by molar-refractivity contribution is 5.79. The monoisotopic (exact) mass is 319 g/mol. The summed E-state index contributed by atoms with van der Waals surface area (Å²) < 4.78 is 40.0. The summed E-state index contributed by atoms with van der Waals surface area (Å²) in [7, 11) is 0. The molecular weight excluding hydrogens is 303 g/mol. The molecule has 1 atom stereocenters. The van der Waals surface area contributed by atoms with Crippen molar-refractivity contribution in [3.8, 4) is 5.75 Å². The van der Waals surface area contributed by atoms with Gasteiger partial charge >= 0.3 is 12.3 Å². The molecule has 1 aromatic carbocycles. The van der Waals surface area contributed by atoms with Crippen LogP contribution in [-0.4, -0.2) is 23.3 Å². The van der Waals surface area contributed by atoms with E-state index in [9.17, 15) is 22.8 Å². The molecule has 0 aromatic heterocycles. The fourth-order valence-electron chi connectivity index (χ4n) is 1.67. The second kappa shape index (κ2) is 7.15. The maximum Gasteiger partial charge on any atom is 0.573 e. The van der Waals surface area contributed by atoms with Gasteiger partial charge in [0.1, 0.15) is 5.75 Å². The molecule has 0 saturated heterocycles. The van der Waals surface area contributed by atoms with Gasteiger partial charge in [-0.3, -0.25) is 9.59 Å². The molecule has 0 fully saturated rings. The smallest absolute Gasteiger partial charge is 0.481 e. The number of carboxylic acid groups (broad SMARTS) is 1. The van der Waals surface area contributed by atoms with Crippen LogP contribution in [0.25, 0.3) is 0 Å². The zero-order chi connectivity index (χ0) is 16.9. The number of carbonyl (C=O) groups excluding carboxylic acids is 1. The number of carboxylic acids is 1. The Morgan fingerprint density at radius 3 is 2.18 bits per heavy atom. The lowest BCUT2D eigenvalue weighted by Gasteiger charge is -2.19. The lowest BCUT2D eigenvalue weighted by atomic mass is 10.0. The van der Waals surface area contributed by atoms with Crippen molar-refractivity contribution in [3.63, 3.8) is 0 Å². The molecule has 0 radical (unpaired) electrons. The summed E-state index contributed by atoms with van der Waals surface area (Å²) in [6, 6.07) is 3.88. The Hall–Kier alpha value is -2.25. The molecular formula is C14H16F3NO4. The van der Waals surface area contributed by atoms with E-state index >= 15 is 0 Å². The summed E-state index contributed by atoms with van der Waals surface area (Å²) in [5.74, 6) is -2.24. The summed E-state index contributed by atoms with van der Waals surface area (Å²) >= 11 is 0. The first-order valence-electron chi connectivity index (χ1n) is 6.46. The SMILES string of the molecule is CC(C)C(=O)NC(CC(=O)O)c1ccc(OC(F)(F)F)cc1. The van der Waals surface area contributed by atoms with Crippen molar-refractivity contribution in [3.05, 3.63) is 29.8 Å². The van der Waals surface area contributed by atoms with E-state index in [0.717, 1.165) is 12.1 Å². The van der Waals surface area contributed by atoms with E-state index in [2.05, 4.69) is 10.1 Å². The van der Waals surface area contributed by atoms with Gasteiger partial charge in [-0.05, 0) is 17.7 Å². The normalized spacial score (nSPS) is 12.8. The highest BCUT2D eigenvalue weighted by Crippen LogP contribution is 2.25. The van der Waals surface area contributed by atoms with Gasteiger partial charge in [0.2, 0.25) is 5.91 Å². The lowest BCUT2D eigenvalue weighted by Crippen LogP contribution is -2.33. The number of hydrogen-bond donors (Lipinski definition) is 2. The minimum absolute atomic E-state index is 0.343. The molecule has 0 bridgehead atoms. The second-order valence-corrected chi connectivity index (χ2v) is 4.93. The van der Waals surface area contributed by atoms with E-state index in [1.54, 1.807) is 13.8 Å². The third kappa shape index (κ3) is 6.02. The largest absolute Gasteiger partial charge is 0.573 e. The molecule has 0 heterocycles. The van der Waals surface area contributed by atoms with Gasteiger partial charge in [0.15, 0.2) is 0 Å². The quantitative estimate of drug-likeness (QED) is 0.845. The first kappa shape index (κ1) is 17.8. The number of alkyl halides is 3. The van der Waals surface area contributed by atoms with Gasteiger partial charge in [-0.1, -0.05) is 26.0 Å². The van der Waals surface area contributed by atoms with Gasteiger partial charge in [-0.25, -0.2) is 0 Å². The van der Waals surface area contributed by atoms with Crippen molar-refractivity contribution < 1.29 is 32.6 Å². The number of nitrogens with one attached hydrogen (secondary N) is 1. The Morgan fingerprint density at radius 2 is 1.77 bits per heavy atom. The highest BCUT2D eigenvalue weighted by Gasteiger charge is 2.31. The Labute approximate surface area is 125 Å². The number of aliphatic carboxylic acids is 1. The third-order valence-electron chi connectivity index (χ3n) is 2.74. The molecule has 0 saturated carbocycles. The van der Waals surface area contributed by atoms with Crippen LogP contribution in [0.5, 0.6) is 5.75 Å². The van der Waals surface area contributed by atoms with E-state index < -0.39 is 24.1 Å². The van der Waals surface area contributed by atoms with Crippen LogP contribution in [0.2, 0.25) is 0 Å². The van der Waals surface area contributed by atoms with Gasteiger partial charge in [0.25, 0.3) is 0 Å². The zero-order valence-corrected chi connectivity index (χ0v) is 12.0. The minimum Gasteiger partial charge on any atom is -0.481 e. The van der Waals surface area contributed by atoms with Gasteiger partial charge in [0.05, 0.1) is 12.5 Å². The molecule has 22 heavy (non-hydrogen) atoms. The molecule has 2 N–H and O–H groups in total. The number of amides is 1. The molecule has 8 heteroatoms. The fourth-order valence-corrected chi connectivity index (χ4v) is 1.67. The Balaban J connectivity index is 2.90. The van der Waals surface area contributed by atoms with Gasteiger partial charge in [-0.2, -0.15) is 0 Å². The molecule has 0 spiro atoms. The highest BCUT2D eigenvalue weighted by atomic mass is 19.4. The maximum absolute atomic E-state index is 12.1. The number of ether oxygens (including phenoxy) is 1. The van der Waals surface area contributed by atoms with Crippen molar-refractivity contribution in [2.75, 3.05) is 0 Å². The summed E-state index contributed by atoms with van der Waals surface area (Å²) in [6.45, 7) is 3.29. The average molecular weight is 319 g/mol. The summed E-state index contributed by atoms with van der Waals surface area (Å²) in [5.41, 5.74) is 0.380. The summed E-state index contributed by atoms with van der Waals surface area (Å²) in [5, 5.41) is 11.4. The zero-order valence-electron chi connectivity index (χ0n) is 12.0. The first-order valence-corrected chi connectivity index (χ1v) is 6.46. The topological polar surface area (TPSA) is 75.6 Å². The Bertz CT molecular complexity index is 526. The Morgan fingerprint density at radius 1 is 1.23 bits per heavy atom. The minimum atomic E-state index is -4.80. The van der Waals surface area contributed by atoms with E-state index in [1.165, 1.54) is 12.1 Å². The number of carbonyl (C=O) groups is 2. The first-order chi connectivity index (χ1) is 10.1. The predicted molar refractivity (Wildman–Crippen MR) is 71.1 cm³/mol. The molecule has 1 amide bonds. The van der Waals surface area contributed by atoms with Crippen LogP contribution < -0.4 is 10.1 Å². The van der Waals surface area contributed by atoms with E-state index in [0.29, 0.717) is 5.56 Å². The molecule has 0 aliphatic rings. The van der Waals surface area contributed by atoms with Crippen LogP contribution in [0.1, 0.15) is 31.9 Å². The van der Waals surface area contributed by atoms with Crippen molar-refractivity contribution >= 4 is 11.9 Å². The summed E-state index contributed by atoms with van der Waals surface area (Å²) in [4.78, 5) is 22.5. The molecule has 1 unspecified atom stereocenters. The van der Waals surface area contributed by atoms with Crippen LogP contribution in [-0.2, 0) is 9.59 Å². The van der Waals surface area contributed by atoms with Crippen molar-refractivity contribution in [1.29, 1.82) is 0 Å². The number of benzene rings is 1. The molecule has 1 aromatic rings. The lowest BCUT2D eigenvalue weighted by molar-refractivity contribution is -0.274. The second-order valence-electron chi connectivity index (χ2n) is 4.93. The van der Waals surface area contributed by atoms with Gasteiger partial charge < -0.3 is 15.2 Å². The van der Waals surface area contributed by atoms with Crippen LogP contribution in [0, 0.1) is 5.92 Å². The predicted octanol–water partition coefficient (Wildman–Crippen LogP) is 2.87. The van der Waals surface area contributed by atoms with Crippen LogP contribution >= 0.6 is 0 Å². The third-order valence-corrected chi connectivity index (χ3v) is 2.74. The van der Waals surface area contributed by atoms with Crippen molar-refractivity contribution in [2.45, 2.75) is 32.7 Å². The van der Waals surface area contributed by atoms with Crippen molar-refractivity contribution in [2.24, 2.45) is 5.92 Å². The van der Waals surface area contributed by atoms with Gasteiger partial charge in [-0.15, -0.1) is 13.2 Å². The maximum atomic E-state index is 12.1. The molecule has 0 aliphatic carbocycles. The van der Waals surface area contributed by atoms with Crippen LogP contribution in [0.15, 0.2) is 24.3 Å². The standard InChI is InChI=1S/C14H16F3NO4/c1-8(2)13(21)18-11(7-12(19)20)9-3-5-10(6-4-9)22-14(15,16)17/h3-6,8,11H,7H2,1-2H3,(H,18,21)(H,19,20). The molecule has 5 nitrogen and oxygen atoms in total. The number of rotatable bonds is 6. The average Bonchev–Trinajstić information content (AvgIpc) is 2.36. The number of halogens is 3. The molecule has 0 aliphatic heterocycles. The van der Waals surface area contributed by atoms with Gasteiger partial charge in [0, 0.05) is 5.92 Å². The van der Waals surface area contributed by atoms with E-state index in [4.69, 9.17) is 5.11 Å². The fraction of sp³-hybridized carbons (Fsp3) is 0.429.